The lowest BCUT2D eigenvalue weighted by Crippen LogP contribution is -2.30. The average Bonchev–Trinajstić information content (AvgIpc) is 1.73. The molecule has 19 heteroatoms. The van der Waals surface area contributed by atoms with Crippen LogP contribution in [-0.2, 0) is 65.4 Å². The molecule has 0 amide bonds. The number of esters is 4. The lowest BCUT2D eigenvalue weighted by molar-refractivity contribution is -0.161. The van der Waals surface area contributed by atoms with E-state index in [0.717, 1.165) is 108 Å². The van der Waals surface area contributed by atoms with E-state index in [4.69, 9.17) is 37.0 Å². The molecule has 0 rings (SSSR count). The first-order chi connectivity index (χ1) is 46.8. The van der Waals surface area contributed by atoms with Crippen LogP contribution in [-0.4, -0.2) is 96.7 Å². The first kappa shape index (κ1) is 95.1. The van der Waals surface area contributed by atoms with Gasteiger partial charge in [0.25, 0.3) is 0 Å². The lowest BCUT2D eigenvalue weighted by atomic mass is 9.99. The summed E-state index contributed by atoms with van der Waals surface area (Å²) >= 11 is 0. The molecule has 0 radical (unpaired) electrons. The summed E-state index contributed by atoms with van der Waals surface area (Å²) in [6.07, 6.45) is 55.4. The van der Waals surface area contributed by atoms with Crippen molar-refractivity contribution in [3.05, 3.63) is 0 Å². The van der Waals surface area contributed by atoms with Crippen molar-refractivity contribution in [2.75, 3.05) is 39.6 Å². The summed E-state index contributed by atoms with van der Waals surface area (Å²) in [6.45, 7) is 11.9. The van der Waals surface area contributed by atoms with Crippen LogP contribution in [0.5, 0.6) is 0 Å². The monoisotopic (exact) mass is 1420 g/mol. The molecule has 576 valence electrons. The standard InChI is InChI=1S/C78H152O17P2/c1-8-10-11-12-13-14-15-16-17-18-19-20-21-22-32-40-47-54-61-77(82)94-73(65-88-75(80)59-52-45-38-31-26-24-30-37-44-51-58-71(7)9-2)67-92-96(84,85)90-63-72(79)64-91-97(86,87)93-68-74(66-89-76(81)60-53-46-39-34-27-29-36-43-50-57-70(5)6)95-78(83)62-55-48-41-33-25-23-28-35-42-49-56-69(3)4/h69-74,79H,8-68H2,1-7H3,(H,84,85)(H,86,87)/t71?,72-,73-,74-/m1/s1. The zero-order chi connectivity index (χ0) is 71.6. The molecule has 0 heterocycles. The Morgan fingerprint density at radius 3 is 0.784 bits per heavy atom. The maximum Gasteiger partial charge on any atom is 0.472 e. The van der Waals surface area contributed by atoms with Crippen LogP contribution in [0.2, 0.25) is 0 Å². The van der Waals surface area contributed by atoms with E-state index in [-0.39, 0.29) is 25.7 Å². The Bertz CT molecular complexity index is 1890. The van der Waals surface area contributed by atoms with Crippen molar-refractivity contribution in [3.63, 3.8) is 0 Å². The number of aliphatic hydroxyl groups is 1. The van der Waals surface area contributed by atoms with Gasteiger partial charge >= 0.3 is 39.5 Å². The van der Waals surface area contributed by atoms with E-state index in [0.29, 0.717) is 25.7 Å². The average molecular weight is 1420 g/mol. The van der Waals surface area contributed by atoms with Crippen LogP contribution in [0, 0.1) is 17.8 Å². The molecule has 0 aromatic rings. The van der Waals surface area contributed by atoms with Crippen LogP contribution in [0.3, 0.4) is 0 Å². The van der Waals surface area contributed by atoms with Crippen molar-refractivity contribution in [2.45, 2.75) is 420 Å². The number of hydrogen-bond donors (Lipinski definition) is 3. The molecular formula is C78H152O17P2. The van der Waals surface area contributed by atoms with Gasteiger partial charge in [-0.25, -0.2) is 9.13 Å². The maximum absolute atomic E-state index is 13.1. The highest BCUT2D eigenvalue weighted by atomic mass is 31.2. The summed E-state index contributed by atoms with van der Waals surface area (Å²) in [7, 11) is -9.92. The molecule has 6 atom stereocenters. The van der Waals surface area contributed by atoms with Gasteiger partial charge in [0.2, 0.25) is 0 Å². The van der Waals surface area contributed by atoms with E-state index in [1.165, 1.54) is 212 Å². The molecule has 0 saturated carbocycles. The van der Waals surface area contributed by atoms with E-state index in [9.17, 15) is 43.2 Å². The first-order valence-corrected chi connectivity index (χ1v) is 43.4. The van der Waals surface area contributed by atoms with Crippen molar-refractivity contribution in [3.8, 4) is 0 Å². The second-order valence-electron chi connectivity index (χ2n) is 29.3. The molecule has 0 aliphatic rings. The Labute approximate surface area is 594 Å². The molecule has 17 nitrogen and oxygen atoms in total. The van der Waals surface area contributed by atoms with Gasteiger partial charge in [-0.05, 0) is 43.4 Å². The molecule has 0 saturated heterocycles. The molecule has 0 aliphatic carbocycles. The molecule has 0 aliphatic heterocycles. The third kappa shape index (κ3) is 70.9. The van der Waals surface area contributed by atoms with Crippen LogP contribution in [0.25, 0.3) is 0 Å². The summed E-state index contributed by atoms with van der Waals surface area (Å²) in [5, 5.41) is 10.6. The Morgan fingerprint density at radius 2 is 0.526 bits per heavy atom. The van der Waals surface area contributed by atoms with E-state index < -0.39 is 97.5 Å². The lowest BCUT2D eigenvalue weighted by Gasteiger charge is -2.21. The molecule has 3 N–H and O–H groups in total. The van der Waals surface area contributed by atoms with Crippen molar-refractivity contribution >= 4 is 39.5 Å². The molecule has 0 aromatic heterocycles. The summed E-state index contributed by atoms with van der Waals surface area (Å²) < 4.78 is 68.6. The van der Waals surface area contributed by atoms with Crippen LogP contribution in [0.4, 0.5) is 0 Å². The van der Waals surface area contributed by atoms with Crippen molar-refractivity contribution in [2.24, 2.45) is 17.8 Å². The van der Waals surface area contributed by atoms with Gasteiger partial charge in [-0.1, -0.05) is 350 Å². The highest BCUT2D eigenvalue weighted by molar-refractivity contribution is 7.47. The number of phosphoric ester groups is 2. The van der Waals surface area contributed by atoms with Gasteiger partial charge in [-0.15, -0.1) is 0 Å². The molecular weight excluding hydrogens is 1270 g/mol. The van der Waals surface area contributed by atoms with Gasteiger partial charge in [0.15, 0.2) is 12.2 Å². The van der Waals surface area contributed by atoms with E-state index in [1.807, 2.05) is 0 Å². The fourth-order valence-corrected chi connectivity index (χ4v) is 13.5. The summed E-state index contributed by atoms with van der Waals surface area (Å²) in [6, 6.07) is 0. The Balaban J connectivity index is 5.26. The summed E-state index contributed by atoms with van der Waals surface area (Å²) in [5.74, 6) is 0.191. The molecule has 0 aromatic carbocycles. The van der Waals surface area contributed by atoms with Gasteiger partial charge in [-0.2, -0.15) is 0 Å². The highest BCUT2D eigenvalue weighted by Crippen LogP contribution is 2.45. The van der Waals surface area contributed by atoms with Crippen molar-refractivity contribution in [1.82, 2.24) is 0 Å². The number of aliphatic hydroxyl groups excluding tert-OH is 1. The summed E-state index contributed by atoms with van der Waals surface area (Å²) in [5.41, 5.74) is 0. The van der Waals surface area contributed by atoms with E-state index in [1.54, 1.807) is 0 Å². The van der Waals surface area contributed by atoms with Crippen LogP contribution in [0.1, 0.15) is 402 Å². The van der Waals surface area contributed by atoms with E-state index >= 15 is 0 Å². The normalized spacial score (nSPS) is 14.3. The zero-order valence-corrected chi connectivity index (χ0v) is 65.3. The fraction of sp³-hybridized carbons (Fsp3) is 0.949. The molecule has 0 fully saturated rings. The highest BCUT2D eigenvalue weighted by Gasteiger charge is 2.30. The maximum atomic E-state index is 13.1. The predicted octanol–water partition coefficient (Wildman–Crippen LogP) is 23.0. The first-order valence-electron chi connectivity index (χ1n) is 40.4. The predicted molar refractivity (Wildman–Crippen MR) is 395 cm³/mol. The smallest absolute Gasteiger partial charge is 0.462 e. The second kappa shape index (κ2) is 68.5. The topological polar surface area (TPSA) is 237 Å². The Hall–Kier alpha value is -1.94. The Kier molecular flexibility index (Phi) is 67.1. The second-order valence-corrected chi connectivity index (χ2v) is 32.2. The van der Waals surface area contributed by atoms with Gasteiger partial charge < -0.3 is 33.8 Å². The third-order valence-electron chi connectivity index (χ3n) is 18.5. The number of carbonyl (C=O) groups excluding carboxylic acids is 4. The van der Waals surface area contributed by atoms with Crippen LogP contribution < -0.4 is 0 Å². The SMILES string of the molecule is CCCCCCCCCCCCCCCCCCCCC(=O)O[C@H](COC(=O)CCCCCCCCCCCCC(C)CC)COP(=O)(O)OC[C@@H](O)COP(=O)(O)OC[C@@H](COC(=O)CCCCCCCCCCCC(C)C)OC(=O)CCCCCCCCCCCCC(C)C. The Morgan fingerprint density at radius 1 is 0.299 bits per heavy atom. The van der Waals surface area contributed by atoms with Crippen molar-refractivity contribution in [1.29, 1.82) is 0 Å². The fourth-order valence-electron chi connectivity index (χ4n) is 11.9. The minimum Gasteiger partial charge on any atom is -0.462 e. The van der Waals surface area contributed by atoms with Gasteiger partial charge in [0, 0.05) is 25.7 Å². The molecule has 3 unspecified atom stereocenters. The minimum atomic E-state index is -4.96. The number of phosphoric acid groups is 2. The van der Waals surface area contributed by atoms with Crippen molar-refractivity contribution < 1.29 is 80.2 Å². The van der Waals surface area contributed by atoms with Gasteiger partial charge in [-0.3, -0.25) is 37.3 Å². The minimum absolute atomic E-state index is 0.105. The summed E-state index contributed by atoms with van der Waals surface area (Å²) in [4.78, 5) is 72.9. The number of unbranched alkanes of at least 4 members (excludes halogenated alkanes) is 43. The zero-order valence-electron chi connectivity index (χ0n) is 63.5. The number of rotatable bonds is 76. The van der Waals surface area contributed by atoms with Crippen LogP contribution in [0.15, 0.2) is 0 Å². The third-order valence-corrected chi connectivity index (χ3v) is 20.4. The van der Waals surface area contributed by atoms with Gasteiger partial charge in [0.1, 0.15) is 19.3 Å². The number of hydrogen-bond acceptors (Lipinski definition) is 15. The quantitative estimate of drug-likeness (QED) is 0.0222. The number of carbonyl (C=O) groups is 4. The molecule has 97 heavy (non-hydrogen) atoms. The molecule has 0 spiro atoms. The van der Waals surface area contributed by atoms with Crippen LogP contribution >= 0.6 is 15.6 Å². The van der Waals surface area contributed by atoms with Gasteiger partial charge in [0.05, 0.1) is 26.4 Å². The largest absolute Gasteiger partial charge is 0.472 e. The number of ether oxygens (including phenoxy) is 4. The molecule has 0 bridgehead atoms. The van der Waals surface area contributed by atoms with E-state index in [2.05, 4.69) is 48.5 Å².